The minimum Gasteiger partial charge on any atom is -0.328 e. The Balaban J connectivity index is 1.90. The number of ketones is 1. The van der Waals surface area contributed by atoms with Crippen LogP contribution in [0.4, 0.5) is 10.3 Å². The van der Waals surface area contributed by atoms with E-state index in [2.05, 4.69) is 22.3 Å². The molecule has 0 fully saturated rings. The number of rotatable bonds is 2. The number of halogens is 1. The van der Waals surface area contributed by atoms with Crippen LogP contribution in [-0.4, -0.2) is 26.8 Å². The number of fused-ring (bicyclic) bond motifs is 1. The van der Waals surface area contributed by atoms with Crippen molar-refractivity contribution in [2.45, 2.75) is 31.0 Å². The molecule has 2 aromatic rings. The lowest BCUT2D eigenvalue weighted by atomic mass is 9.81. The van der Waals surface area contributed by atoms with Crippen LogP contribution in [0.1, 0.15) is 31.4 Å². The number of benzene rings is 1. The molecule has 0 saturated heterocycles. The smallest absolute Gasteiger partial charge is 0.227 e. The van der Waals surface area contributed by atoms with E-state index < -0.39 is 0 Å². The van der Waals surface area contributed by atoms with Crippen molar-refractivity contribution in [2.75, 3.05) is 11.6 Å². The number of carbonyl (C=O) groups is 1. The molecule has 7 heteroatoms. The van der Waals surface area contributed by atoms with Gasteiger partial charge in [-0.3, -0.25) is 4.79 Å². The van der Waals surface area contributed by atoms with E-state index in [0.29, 0.717) is 23.4 Å². The van der Waals surface area contributed by atoms with Crippen LogP contribution < -0.4 is 5.32 Å². The van der Waals surface area contributed by atoms with Gasteiger partial charge >= 0.3 is 0 Å². The second-order valence-electron chi connectivity index (χ2n) is 6.27. The molecule has 2 atom stereocenters. The largest absolute Gasteiger partial charge is 0.328 e. The third-order valence-electron chi connectivity index (χ3n) is 4.47. The topological polar surface area (TPSA) is 59.8 Å². The summed E-state index contributed by atoms with van der Waals surface area (Å²) in [6, 6.07) is 5.90. The molecule has 24 heavy (non-hydrogen) atoms. The Morgan fingerprint density at radius 2 is 2.04 bits per heavy atom. The second kappa shape index (κ2) is 5.73. The van der Waals surface area contributed by atoms with Gasteiger partial charge in [0.05, 0.1) is 0 Å². The average Bonchev–Trinajstić information content (AvgIpc) is 2.96. The van der Waals surface area contributed by atoms with Crippen LogP contribution in [-0.2, 0) is 4.79 Å². The van der Waals surface area contributed by atoms with Crippen molar-refractivity contribution >= 4 is 23.5 Å². The van der Waals surface area contributed by atoms with E-state index in [1.165, 1.54) is 23.9 Å². The third-order valence-corrected chi connectivity index (χ3v) is 5.01. The van der Waals surface area contributed by atoms with Crippen molar-refractivity contribution in [3.63, 3.8) is 0 Å². The highest BCUT2D eigenvalue weighted by molar-refractivity contribution is 7.98. The van der Waals surface area contributed by atoms with Crippen molar-refractivity contribution in [3.8, 4) is 0 Å². The molecule has 0 radical (unpaired) electrons. The molecule has 4 rings (SSSR count). The second-order valence-corrected chi connectivity index (χ2v) is 7.05. The van der Waals surface area contributed by atoms with E-state index in [0.717, 1.165) is 23.3 Å². The normalized spacial score (nSPS) is 22.9. The molecule has 1 aliphatic heterocycles. The number of thioether (sulfide) groups is 1. The Morgan fingerprint density at radius 1 is 1.29 bits per heavy atom. The first kappa shape index (κ1) is 15.4. The van der Waals surface area contributed by atoms with Crippen molar-refractivity contribution in [3.05, 3.63) is 46.9 Å². The summed E-state index contributed by atoms with van der Waals surface area (Å²) >= 11 is 1.45. The molecule has 0 bridgehead atoms. The van der Waals surface area contributed by atoms with Gasteiger partial charge in [-0.15, -0.1) is 5.10 Å². The van der Waals surface area contributed by atoms with Gasteiger partial charge in [0, 0.05) is 17.7 Å². The van der Waals surface area contributed by atoms with Crippen LogP contribution in [0.3, 0.4) is 0 Å². The summed E-state index contributed by atoms with van der Waals surface area (Å²) in [7, 11) is 0. The third kappa shape index (κ3) is 2.43. The molecule has 0 saturated carbocycles. The number of nitrogens with zero attached hydrogens (tertiary/aromatic N) is 3. The molecular formula is C17H17FN4OS. The zero-order valence-corrected chi connectivity index (χ0v) is 14.2. The fourth-order valence-corrected chi connectivity index (χ4v) is 3.77. The number of hydrogen-bond acceptors (Lipinski definition) is 5. The average molecular weight is 344 g/mol. The van der Waals surface area contributed by atoms with Crippen molar-refractivity contribution < 1.29 is 9.18 Å². The van der Waals surface area contributed by atoms with Gasteiger partial charge in [0.1, 0.15) is 11.9 Å². The maximum Gasteiger partial charge on any atom is 0.227 e. The molecule has 1 aromatic carbocycles. The zero-order valence-electron chi connectivity index (χ0n) is 13.4. The van der Waals surface area contributed by atoms with E-state index in [4.69, 9.17) is 0 Å². The van der Waals surface area contributed by atoms with Crippen LogP contribution in [0.15, 0.2) is 40.7 Å². The first-order valence-corrected chi connectivity index (χ1v) is 9.08. The lowest BCUT2D eigenvalue weighted by Gasteiger charge is -2.34. The fourth-order valence-electron chi connectivity index (χ4n) is 3.43. The van der Waals surface area contributed by atoms with Gasteiger partial charge in [0.15, 0.2) is 5.78 Å². The number of Topliss-reactive ketones (excluding diaryl/α,β-unsaturated/α-hetero) is 1. The lowest BCUT2D eigenvalue weighted by Crippen LogP contribution is -2.33. The van der Waals surface area contributed by atoms with Crippen molar-refractivity contribution in [1.82, 2.24) is 14.8 Å². The highest BCUT2D eigenvalue weighted by Gasteiger charge is 2.38. The number of carbonyl (C=O) groups excluding carboxylic acids is 1. The Hall–Kier alpha value is -2.15. The Morgan fingerprint density at radius 3 is 2.75 bits per heavy atom. The van der Waals surface area contributed by atoms with Gasteiger partial charge in [0.2, 0.25) is 11.1 Å². The molecule has 5 nitrogen and oxygen atoms in total. The number of anilines is 1. The van der Waals surface area contributed by atoms with Gasteiger partial charge in [-0.2, -0.15) is 4.98 Å². The minimum atomic E-state index is -0.356. The number of aromatic nitrogens is 3. The molecular weight excluding hydrogens is 327 g/mol. The Labute approximate surface area is 143 Å². The minimum absolute atomic E-state index is 0.123. The quantitative estimate of drug-likeness (QED) is 0.846. The van der Waals surface area contributed by atoms with E-state index in [-0.39, 0.29) is 17.6 Å². The van der Waals surface area contributed by atoms with E-state index in [1.54, 1.807) is 16.8 Å². The monoisotopic (exact) mass is 344 g/mol. The summed E-state index contributed by atoms with van der Waals surface area (Å²) < 4.78 is 15.1. The zero-order chi connectivity index (χ0) is 16.8. The summed E-state index contributed by atoms with van der Waals surface area (Å²) in [5.41, 5.74) is 2.48. The standard InChI is InChI=1S/C17H17FN4OS/c1-9-7-12-14(13(23)8-9)15(10-3-5-11(18)6-4-10)22-16(19-12)20-17(21-22)24-2/h3-6,9,15H,7-8H2,1-2H3,(H,19,20,21)/t9-,15+/m0/s1. The summed E-state index contributed by atoms with van der Waals surface area (Å²) in [6.45, 7) is 2.07. The lowest BCUT2D eigenvalue weighted by molar-refractivity contribution is -0.117. The fraction of sp³-hybridized carbons (Fsp3) is 0.353. The molecule has 2 heterocycles. The molecule has 0 amide bonds. The Kier molecular flexibility index (Phi) is 3.68. The van der Waals surface area contributed by atoms with Crippen LogP contribution in [0.25, 0.3) is 0 Å². The summed E-state index contributed by atoms with van der Waals surface area (Å²) in [5, 5.41) is 8.45. The molecule has 1 N–H and O–H groups in total. The highest BCUT2D eigenvalue weighted by atomic mass is 32.2. The van der Waals surface area contributed by atoms with Crippen molar-refractivity contribution in [2.24, 2.45) is 5.92 Å². The molecule has 1 aromatic heterocycles. The van der Waals surface area contributed by atoms with Crippen molar-refractivity contribution in [1.29, 1.82) is 0 Å². The van der Waals surface area contributed by atoms with Crippen LogP contribution in [0, 0.1) is 11.7 Å². The van der Waals surface area contributed by atoms with Gasteiger partial charge in [0.25, 0.3) is 0 Å². The van der Waals surface area contributed by atoms with Gasteiger partial charge in [-0.1, -0.05) is 30.8 Å². The predicted molar refractivity (Wildman–Crippen MR) is 90.4 cm³/mol. The van der Waals surface area contributed by atoms with Gasteiger partial charge in [-0.05, 0) is 36.3 Å². The van der Waals surface area contributed by atoms with E-state index in [9.17, 15) is 9.18 Å². The highest BCUT2D eigenvalue weighted by Crippen LogP contribution is 2.41. The van der Waals surface area contributed by atoms with E-state index in [1.807, 2.05) is 6.26 Å². The van der Waals surface area contributed by atoms with Crippen LogP contribution in [0.5, 0.6) is 0 Å². The van der Waals surface area contributed by atoms with Gasteiger partial charge < -0.3 is 5.32 Å². The summed E-state index contributed by atoms with van der Waals surface area (Å²) in [6.07, 6.45) is 3.24. The van der Waals surface area contributed by atoms with Gasteiger partial charge in [-0.25, -0.2) is 9.07 Å². The Bertz CT molecular complexity index is 843. The first-order chi connectivity index (χ1) is 11.6. The van der Waals surface area contributed by atoms with E-state index >= 15 is 0 Å². The maximum atomic E-state index is 13.3. The predicted octanol–water partition coefficient (Wildman–Crippen LogP) is 3.41. The number of hydrogen-bond donors (Lipinski definition) is 1. The SMILES string of the molecule is CSc1nc2n(n1)[C@H](c1ccc(F)cc1)C1=C(C[C@H](C)CC1=O)N2. The van der Waals surface area contributed by atoms with Crippen LogP contribution in [0.2, 0.25) is 0 Å². The molecule has 2 aliphatic rings. The first-order valence-electron chi connectivity index (χ1n) is 7.86. The molecule has 0 unspecified atom stereocenters. The molecule has 124 valence electrons. The van der Waals surface area contributed by atoms with Crippen LogP contribution >= 0.6 is 11.8 Å². The number of nitrogens with one attached hydrogen (secondary N) is 1. The maximum absolute atomic E-state index is 13.3. The number of allylic oxidation sites excluding steroid dienone is 2. The summed E-state index contributed by atoms with van der Waals surface area (Å²) in [4.78, 5) is 17.2. The molecule has 1 aliphatic carbocycles. The molecule has 0 spiro atoms. The summed E-state index contributed by atoms with van der Waals surface area (Å²) in [5.74, 6) is 0.757.